The zero-order chi connectivity index (χ0) is 23.7. The van der Waals surface area contributed by atoms with E-state index < -0.39 is 16.1 Å². The van der Waals surface area contributed by atoms with Crippen LogP contribution in [0.15, 0.2) is 0 Å². The fourth-order valence-corrected chi connectivity index (χ4v) is 3.71. The summed E-state index contributed by atoms with van der Waals surface area (Å²) in [7, 11) is 6.00. The highest BCUT2D eigenvalue weighted by molar-refractivity contribution is 7.85. The Kier molecular flexibility index (Phi) is 17.8. The molecule has 0 heterocycles. The highest BCUT2D eigenvalue weighted by Gasteiger charge is 2.16. The number of nitrogens with zero attached hydrogens (tertiary/aromatic N) is 2. The molecule has 0 aliphatic rings. The Hall–Kier alpha value is -0.700. The lowest BCUT2D eigenvalue weighted by atomic mass is 10.1. The Morgan fingerprint density at radius 2 is 1.13 bits per heavy atom. The van der Waals surface area contributed by atoms with E-state index in [1.807, 2.05) is 21.1 Å². The van der Waals surface area contributed by atoms with Crippen molar-refractivity contribution in [2.45, 2.75) is 77.6 Å². The van der Waals surface area contributed by atoms with E-state index in [0.29, 0.717) is 10.9 Å². The second-order valence-electron chi connectivity index (χ2n) is 10.0. The van der Waals surface area contributed by atoms with E-state index in [2.05, 4.69) is 21.0 Å². The number of hydrogen-bond donors (Lipinski definition) is 2. The van der Waals surface area contributed by atoms with Gasteiger partial charge < -0.3 is 14.1 Å². The molecule has 0 atom stereocenters. The number of quaternary nitrogens is 2. The van der Waals surface area contributed by atoms with Crippen LogP contribution in [-0.2, 0) is 14.9 Å². The van der Waals surface area contributed by atoms with Crippen molar-refractivity contribution in [3.63, 3.8) is 0 Å². The van der Waals surface area contributed by atoms with Gasteiger partial charge in [-0.2, -0.15) is 8.42 Å². The summed E-state index contributed by atoms with van der Waals surface area (Å²) < 4.78 is 31.5. The predicted octanol–water partition coefficient (Wildman–Crippen LogP) is 4.04. The zero-order valence-electron chi connectivity index (χ0n) is 20.5. The number of carboxylic acids is 1. The van der Waals surface area contributed by atoms with Crippen LogP contribution in [0.4, 0.5) is 0 Å². The number of aliphatic carboxylic acids is 1. The van der Waals surface area contributed by atoms with Gasteiger partial charge in [0.2, 0.25) is 0 Å². The van der Waals surface area contributed by atoms with Gasteiger partial charge in [0.25, 0.3) is 10.1 Å². The first kappa shape index (κ1) is 31.5. The zero-order valence-corrected chi connectivity index (χ0v) is 21.3. The predicted molar refractivity (Wildman–Crippen MR) is 125 cm³/mol. The van der Waals surface area contributed by atoms with Gasteiger partial charge in [0, 0.05) is 6.42 Å². The van der Waals surface area contributed by atoms with Crippen molar-refractivity contribution in [2.75, 3.05) is 60.6 Å². The van der Waals surface area contributed by atoms with Gasteiger partial charge in [0.15, 0.2) is 6.54 Å². The molecule has 0 aromatic heterocycles. The van der Waals surface area contributed by atoms with Crippen LogP contribution in [0.5, 0.6) is 0 Å². The molecule has 182 valence electrons. The van der Waals surface area contributed by atoms with Crippen LogP contribution >= 0.6 is 0 Å². The fourth-order valence-electron chi connectivity index (χ4n) is 3.22. The van der Waals surface area contributed by atoms with Gasteiger partial charge >= 0.3 is 5.97 Å². The summed E-state index contributed by atoms with van der Waals surface area (Å²) in [6.45, 7) is 4.32. The molecule has 0 saturated heterocycles. The number of hydrogen-bond acceptors (Lipinski definition) is 3. The van der Waals surface area contributed by atoms with Crippen LogP contribution in [0.25, 0.3) is 0 Å². The Morgan fingerprint density at radius 1 is 0.733 bits per heavy atom. The van der Waals surface area contributed by atoms with Crippen LogP contribution < -0.4 is 0 Å². The van der Waals surface area contributed by atoms with E-state index in [9.17, 15) is 13.2 Å². The topological polar surface area (TPSA) is 91.7 Å². The molecular formula is C22H50N2O5S+2. The lowest BCUT2D eigenvalue weighted by Gasteiger charge is -2.29. The van der Waals surface area contributed by atoms with E-state index in [-0.39, 0.29) is 12.3 Å². The third-order valence-corrected chi connectivity index (χ3v) is 5.70. The summed E-state index contributed by atoms with van der Waals surface area (Å²) >= 11 is 0. The first-order valence-corrected chi connectivity index (χ1v) is 13.1. The molecule has 0 saturated carbocycles. The highest BCUT2D eigenvalue weighted by atomic mass is 32.2. The summed E-state index contributed by atoms with van der Waals surface area (Å²) in [5.41, 5.74) is 0. The summed E-state index contributed by atoms with van der Waals surface area (Å²) in [4.78, 5) is 10.00. The average molecular weight is 455 g/mol. The molecule has 0 aliphatic heterocycles. The van der Waals surface area contributed by atoms with Crippen molar-refractivity contribution < 1.29 is 31.8 Å². The molecule has 8 heteroatoms. The molecule has 0 fully saturated rings. The maximum absolute atomic E-state index is 10.7. The summed E-state index contributed by atoms with van der Waals surface area (Å²) in [5, 5.41) is 8.23. The van der Waals surface area contributed by atoms with Gasteiger partial charge in [0.05, 0.1) is 54.1 Å². The Balaban J connectivity index is 0. The van der Waals surface area contributed by atoms with E-state index in [1.54, 1.807) is 0 Å². The van der Waals surface area contributed by atoms with Gasteiger partial charge in [-0.1, -0.05) is 58.3 Å². The summed E-state index contributed by atoms with van der Waals surface area (Å²) in [6.07, 6.45) is 13.9. The Labute approximate surface area is 186 Å². The van der Waals surface area contributed by atoms with Crippen LogP contribution in [0, 0.1) is 0 Å². The second kappa shape index (κ2) is 16.9. The third-order valence-electron chi connectivity index (χ3n) is 4.89. The molecule has 0 aliphatic carbocycles. The van der Waals surface area contributed by atoms with E-state index in [0.717, 1.165) is 17.6 Å². The first-order valence-electron chi connectivity index (χ1n) is 11.5. The maximum atomic E-state index is 10.7. The van der Waals surface area contributed by atoms with E-state index in [1.165, 1.54) is 64.2 Å². The van der Waals surface area contributed by atoms with Gasteiger partial charge in [0.1, 0.15) is 0 Å². The van der Waals surface area contributed by atoms with E-state index >= 15 is 0 Å². The van der Waals surface area contributed by atoms with Crippen molar-refractivity contribution >= 4 is 16.1 Å². The number of rotatable bonds is 17. The number of likely N-dealkylation sites (N-methyl/N-ethyl adjacent to an activating group) is 1. The van der Waals surface area contributed by atoms with Gasteiger partial charge in [-0.3, -0.25) is 4.55 Å². The lowest BCUT2D eigenvalue weighted by Crippen LogP contribution is -2.41. The van der Waals surface area contributed by atoms with Gasteiger partial charge in [-0.05, 0) is 12.8 Å². The lowest BCUT2D eigenvalue weighted by molar-refractivity contribution is -0.890. The third kappa shape index (κ3) is 29.5. The van der Waals surface area contributed by atoms with Crippen molar-refractivity contribution in [1.29, 1.82) is 0 Å². The minimum Gasteiger partial charge on any atom is -0.477 e. The number of unbranched alkanes of at least 4 members (excludes halogenated alkanes) is 9. The summed E-state index contributed by atoms with van der Waals surface area (Å²) in [5.74, 6) is -0.871. The quantitative estimate of drug-likeness (QED) is 0.197. The standard InChI is InChI=1S/C17H37NO3S.C5H11NO2/c1-4-5-6-7-8-9-10-11-12-13-15-18(2,3)16-14-17-22(19,20)21;1-6(2,3)4-5(7)8/h4-17H2,1-3H3;4H2,1-3H3/p+2. The largest absolute Gasteiger partial charge is 0.477 e. The molecule has 0 aromatic rings. The smallest absolute Gasteiger partial charge is 0.359 e. The van der Waals surface area contributed by atoms with Crippen LogP contribution in [0.2, 0.25) is 0 Å². The first-order chi connectivity index (χ1) is 13.7. The molecule has 0 spiro atoms. The molecule has 0 bridgehead atoms. The van der Waals surface area contributed by atoms with Gasteiger partial charge in [-0.25, -0.2) is 4.79 Å². The molecule has 0 amide bonds. The normalized spacial score (nSPS) is 12.4. The summed E-state index contributed by atoms with van der Waals surface area (Å²) in [6, 6.07) is 0. The number of carboxylic acid groups (broad SMARTS) is 1. The SMILES string of the molecule is CCCCCCCCCCCC[N+](C)(C)CCCS(=O)(=O)O.C[N+](C)(C)CC(=O)O. The monoisotopic (exact) mass is 454 g/mol. The minimum absolute atomic E-state index is 0.118. The highest BCUT2D eigenvalue weighted by Crippen LogP contribution is 2.12. The molecular weight excluding hydrogens is 404 g/mol. The van der Waals surface area contributed by atoms with Crippen molar-refractivity contribution in [2.24, 2.45) is 0 Å². The number of carbonyl (C=O) groups is 1. The van der Waals surface area contributed by atoms with Crippen molar-refractivity contribution in [1.82, 2.24) is 0 Å². The van der Waals surface area contributed by atoms with Crippen molar-refractivity contribution in [3.05, 3.63) is 0 Å². The maximum Gasteiger partial charge on any atom is 0.359 e. The molecule has 0 unspecified atom stereocenters. The molecule has 0 rings (SSSR count). The molecule has 7 nitrogen and oxygen atoms in total. The van der Waals surface area contributed by atoms with Crippen LogP contribution in [0.1, 0.15) is 77.6 Å². The van der Waals surface area contributed by atoms with Gasteiger partial charge in [-0.15, -0.1) is 0 Å². The van der Waals surface area contributed by atoms with Crippen LogP contribution in [0.3, 0.4) is 0 Å². The van der Waals surface area contributed by atoms with Crippen LogP contribution in [-0.4, -0.2) is 93.6 Å². The molecule has 0 radical (unpaired) electrons. The molecule has 0 aromatic carbocycles. The molecule has 30 heavy (non-hydrogen) atoms. The minimum atomic E-state index is -3.80. The Bertz CT molecular complexity index is 528. The fraction of sp³-hybridized carbons (Fsp3) is 0.955. The van der Waals surface area contributed by atoms with Crippen molar-refractivity contribution in [3.8, 4) is 0 Å². The average Bonchev–Trinajstić information content (AvgIpc) is 2.53. The second-order valence-corrected chi connectivity index (χ2v) is 11.6. The molecule has 2 N–H and O–H groups in total. The Morgan fingerprint density at radius 3 is 1.47 bits per heavy atom. The van der Waals surface area contributed by atoms with E-state index in [4.69, 9.17) is 9.66 Å².